The minimum absolute atomic E-state index is 0.00111. The Kier molecular flexibility index (Phi) is 1.96. The Hall–Kier alpha value is -1.91. The van der Waals surface area contributed by atoms with Gasteiger partial charge in [-0.1, -0.05) is 0 Å². The van der Waals surface area contributed by atoms with Gasteiger partial charge in [0.2, 0.25) is 0 Å². The predicted octanol–water partition coefficient (Wildman–Crippen LogP) is 1.35. The van der Waals surface area contributed by atoms with Gasteiger partial charge < -0.3 is 5.11 Å². The van der Waals surface area contributed by atoms with E-state index in [-0.39, 0.29) is 5.69 Å². The number of rotatable bonds is 1. The first kappa shape index (κ1) is 9.64. The number of carbonyl (C=O) groups is 1. The van der Waals surface area contributed by atoms with Gasteiger partial charge in [-0.2, -0.15) is 0 Å². The van der Waals surface area contributed by atoms with Crippen molar-refractivity contribution in [2.75, 3.05) is 0 Å². The number of fused-ring (bicyclic) bond motifs is 1. The summed E-state index contributed by atoms with van der Waals surface area (Å²) in [5.41, 5.74) is 3.27. The number of carboxylic acids is 1. The van der Waals surface area contributed by atoms with Gasteiger partial charge in [-0.25, -0.2) is 14.8 Å². The molecule has 0 aliphatic rings. The molecule has 0 bridgehead atoms. The van der Waals surface area contributed by atoms with Crippen molar-refractivity contribution in [1.29, 1.82) is 0 Å². The van der Waals surface area contributed by atoms with Crippen molar-refractivity contribution in [3.8, 4) is 0 Å². The summed E-state index contributed by atoms with van der Waals surface area (Å²) in [6.07, 6.45) is 1.49. The average molecular weight is 205 g/mol. The van der Waals surface area contributed by atoms with E-state index in [1.165, 1.54) is 6.33 Å². The van der Waals surface area contributed by atoms with Crippen molar-refractivity contribution >= 4 is 11.6 Å². The zero-order valence-electron chi connectivity index (χ0n) is 8.77. The third kappa shape index (κ3) is 1.27. The van der Waals surface area contributed by atoms with E-state index in [9.17, 15) is 4.79 Å². The Morgan fingerprint density at radius 3 is 2.67 bits per heavy atom. The van der Waals surface area contributed by atoms with Crippen LogP contribution in [-0.2, 0) is 0 Å². The molecule has 15 heavy (non-hydrogen) atoms. The van der Waals surface area contributed by atoms with Crippen LogP contribution in [0.5, 0.6) is 0 Å². The highest BCUT2D eigenvalue weighted by Crippen LogP contribution is 2.15. The predicted molar refractivity (Wildman–Crippen MR) is 54.2 cm³/mol. The molecule has 0 radical (unpaired) electrons. The highest BCUT2D eigenvalue weighted by atomic mass is 16.4. The molecule has 0 aliphatic carbocycles. The fourth-order valence-corrected chi connectivity index (χ4v) is 1.53. The van der Waals surface area contributed by atoms with E-state index in [2.05, 4.69) is 9.97 Å². The largest absolute Gasteiger partial charge is 0.476 e. The molecule has 0 aliphatic heterocycles. The molecule has 0 spiro atoms. The van der Waals surface area contributed by atoms with E-state index >= 15 is 0 Å². The van der Waals surface area contributed by atoms with Gasteiger partial charge in [0.1, 0.15) is 6.33 Å². The highest BCUT2D eigenvalue weighted by Gasteiger charge is 2.15. The molecule has 0 atom stereocenters. The molecule has 78 valence electrons. The summed E-state index contributed by atoms with van der Waals surface area (Å²) in [6.45, 7) is 5.74. The molecule has 0 aromatic carbocycles. The zero-order valence-corrected chi connectivity index (χ0v) is 8.77. The van der Waals surface area contributed by atoms with E-state index in [1.807, 2.05) is 20.8 Å². The summed E-state index contributed by atoms with van der Waals surface area (Å²) < 4.78 is 1.70. The van der Waals surface area contributed by atoms with Crippen molar-refractivity contribution in [3.05, 3.63) is 29.0 Å². The minimum Gasteiger partial charge on any atom is -0.476 e. The van der Waals surface area contributed by atoms with Gasteiger partial charge in [-0.3, -0.25) is 4.40 Å². The van der Waals surface area contributed by atoms with Gasteiger partial charge in [0.25, 0.3) is 0 Å². The SMILES string of the molecule is Cc1nc2c(C(=O)O)ncn2c(C)c1C. The second-order valence-electron chi connectivity index (χ2n) is 3.50. The molecule has 2 heterocycles. The topological polar surface area (TPSA) is 67.5 Å². The van der Waals surface area contributed by atoms with Crippen LogP contribution in [0.25, 0.3) is 5.65 Å². The maximum absolute atomic E-state index is 10.9. The van der Waals surface area contributed by atoms with Crippen LogP contribution in [0.1, 0.15) is 27.4 Å². The maximum atomic E-state index is 10.9. The van der Waals surface area contributed by atoms with Crippen LogP contribution >= 0.6 is 0 Å². The molecule has 2 rings (SSSR count). The van der Waals surface area contributed by atoms with E-state index in [0.29, 0.717) is 5.65 Å². The zero-order chi connectivity index (χ0) is 11.2. The van der Waals surface area contributed by atoms with Crippen molar-refractivity contribution in [1.82, 2.24) is 14.4 Å². The summed E-state index contributed by atoms with van der Waals surface area (Å²) in [6, 6.07) is 0. The smallest absolute Gasteiger partial charge is 0.358 e. The normalized spacial score (nSPS) is 10.9. The number of imidazole rings is 1. The van der Waals surface area contributed by atoms with Crippen LogP contribution in [-0.4, -0.2) is 25.4 Å². The van der Waals surface area contributed by atoms with Crippen LogP contribution in [0.3, 0.4) is 0 Å². The molecular weight excluding hydrogens is 194 g/mol. The number of aromatic carboxylic acids is 1. The van der Waals surface area contributed by atoms with Gasteiger partial charge >= 0.3 is 5.97 Å². The molecule has 5 nitrogen and oxygen atoms in total. The number of hydrogen-bond acceptors (Lipinski definition) is 3. The van der Waals surface area contributed by atoms with Gasteiger partial charge in [0.05, 0.1) is 0 Å². The van der Waals surface area contributed by atoms with Crippen LogP contribution in [0.15, 0.2) is 6.33 Å². The molecule has 0 saturated carbocycles. The molecule has 0 saturated heterocycles. The number of carboxylic acid groups (broad SMARTS) is 1. The highest BCUT2D eigenvalue weighted by molar-refractivity contribution is 5.92. The Labute approximate surface area is 86.4 Å². The molecular formula is C10H11N3O2. The fraction of sp³-hybridized carbons (Fsp3) is 0.300. The van der Waals surface area contributed by atoms with E-state index < -0.39 is 5.97 Å². The first-order valence-electron chi connectivity index (χ1n) is 4.56. The van der Waals surface area contributed by atoms with Gasteiger partial charge in [-0.05, 0) is 26.3 Å². The van der Waals surface area contributed by atoms with Crippen LogP contribution in [0.4, 0.5) is 0 Å². The molecule has 5 heteroatoms. The lowest BCUT2D eigenvalue weighted by Crippen LogP contribution is -2.03. The monoisotopic (exact) mass is 205 g/mol. The van der Waals surface area contributed by atoms with Crippen molar-refractivity contribution in [3.63, 3.8) is 0 Å². The lowest BCUT2D eigenvalue weighted by molar-refractivity contribution is 0.0693. The molecule has 0 fully saturated rings. The van der Waals surface area contributed by atoms with E-state index in [1.54, 1.807) is 4.40 Å². The van der Waals surface area contributed by atoms with Crippen LogP contribution in [0, 0.1) is 20.8 Å². The number of aromatic nitrogens is 3. The van der Waals surface area contributed by atoms with E-state index in [4.69, 9.17) is 5.11 Å². The lowest BCUT2D eigenvalue weighted by atomic mass is 10.2. The minimum atomic E-state index is -1.05. The molecule has 0 unspecified atom stereocenters. The summed E-state index contributed by atoms with van der Waals surface area (Å²) in [4.78, 5) is 18.9. The number of nitrogens with zero attached hydrogens (tertiary/aromatic N) is 3. The standard InChI is InChI=1S/C10H11N3O2/c1-5-6(2)12-9-8(10(14)15)11-4-13(9)7(5)3/h4H,1-3H3,(H,14,15). The van der Waals surface area contributed by atoms with E-state index in [0.717, 1.165) is 17.0 Å². The summed E-state index contributed by atoms with van der Waals surface area (Å²) in [5, 5.41) is 8.91. The Morgan fingerprint density at radius 1 is 1.40 bits per heavy atom. The average Bonchev–Trinajstić information content (AvgIpc) is 2.58. The maximum Gasteiger partial charge on any atom is 0.358 e. The molecule has 1 N–H and O–H groups in total. The van der Waals surface area contributed by atoms with Crippen molar-refractivity contribution in [2.45, 2.75) is 20.8 Å². The first-order valence-corrected chi connectivity index (χ1v) is 4.56. The Morgan fingerprint density at radius 2 is 2.07 bits per heavy atom. The molecule has 2 aromatic heterocycles. The Balaban J connectivity index is 2.89. The van der Waals surface area contributed by atoms with Gasteiger partial charge in [0.15, 0.2) is 11.3 Å². The Bertz CT molecular complexity index is 557. The summed E-state index contributed by atoms with van der Waals surface area (Å²) in [5.74, 6) is -1.05. The third-order valence-corrected chi connectivity index (χ3v) is 2.67. The third-order valence-electron chi connectivity index (χ3n) is 2.67. The van der Waals surface area contributed by atoms with Crippen molar-refractivity contribution in [2.24, 2.45) is 0 Å². The summed E-state index contributed by atoms with van der Waals surface area (Å²) >= 11 is 0. The van der Waals surface area contributed by atoms with Gasteiger partial charge in [-0.15, -0.1) is 0 Å². The van der Waals surface area contributed by atoms with Crippen LogP contribution in [0.2, 0.25) is 0 Å². The second kappa shape index (κ2) is 3.05. The van der Waals surface area contributed by atoms with Gasteiger partial charge in [0, 0.05) is 11.4 Å². The molecule has 0 amide bonds. The van der Waals surface area contributed by atoms with Crippen molar-refractivity contribution < 1.29 is 9.90 Å². The number of hydrogen-bond donors (Lipinski definition) is 1. The lowest BCUT2D eigenvalue weighted by Gasteiger charge is -2.06. The number of aryl methyl sites for hydroxylation is 2. The second-order valence-corrected chi connectivity index (χ2v) is 3.50. The summed E-state index contributed by atoms with van der Waals surface area (Å²) in [7, 11) is 0. The fourth-order valence-electron chi connectivity index (χ4n) is 1.53. The quantitative estimate of drug-likeness (QED) is 0.763. The first-order chi connectivity index (χ1) is 7.02. The molecule has 2 aromatic rings. The van der Waals surface area contributed by atoms with Crippen LogP contribution < -0.4 is 0 Å².